The van der Waals surface area contributed by atoms with E-state index < -0.39 is 47.4 Å². The lowest BCUT2D eigenvalue weighted by atomic mass is 9.90. The van der Waals surface area contributed by atoms with Crippen LogP contribution in [0.4, 0.5) is 0 Å². The highest BCUT2D eigenvalue weighted by molar-refractivity contribution is 5.91. The standard InChI is InChI=1S/C23H24O11/c1-8-16(27)18(29)19(30)22(33-8)15-12(26)7-11(25)14-17(28)23(32-3)20(34-21(14)15)9-4-5-13(31-2)10(24)6-9/h4-8,16,18-19,22,24-27,29-30H,1-3H3/t8-,16-,18+,19+,22?/m0/s1. The molecule has 0 aliphatic carbocycles. The van der Waals surface area contributed by atoms with Crippen molar-refractivity contribution in [3.8, 4) is 40.1 Å². The lowest BCUT2D eigenvalue weighted by Gasteiger charge is -2.39. The van der Waals surface area contributed by atoms with Crippen LogP contribution in [0.15, 0.2) is 33.5 Å². The summed E-state index contributed by atoms with van der Waals surface area (Å²) in [7, 11) is 2.59. The van der Waals surface area contributed by atoms with Crippen molar-refractivity contribution >= 4 is 11.0 Å². The van der Waals surface area contributed by atoms with Gasteiger partial charge in [0.1, 0.15) is 41.3 Å². The van der Waals surface area contributed by atoms with Crippen LogP contribution >= 0.6 is 0 Å². The molecule has 1 saturated heterocycles. The second kappa shape index (κ2) is 8.69. The smallest absolute Gasteiger partial charge is 0.239 e. The van der Waals surface area contributed by atoms with Gasteiger partial charge in [-0.15, -0.1) is 0 Å². The van der Waals surface area contributed by atoms with E-state index in [2.05, 4.69) is 0 Å². The minimum Gasteiger partial charge on any atom is -0.507 e. The van der Waals surface area contributed by atoms with E-state index >= 15 is 0 Å². The maximum atomic E-state index is 13.3. The van der Waals surface area contributed by atoms with Crippen LogP contribution in [0.3, 0.4) is 0 Å². The van der Waals surface area contributed by atoms with Gasteiger partial charge in [-0.05, 0) is 25.1 Å². The molecular formula is C23H24O11. The van der Waals surface area contributed by atoms with Crippen LogP contribution in [0.5, 0.6) is 28.7 Å². The molecule has 1 aliphatic heterocycles. The summed E-state index contributed by atoms with van der Waals surface area (Å²) in [5, 5.41) is 61.8. The number of hydrogen-bond acceptors (Lipinski definition) is 11. The Morgan fingerprint density at radius 3 is 2.21 bits per heavy atom. The molecule has 0 radical (unpaired) electrons. The molecule has 5 atom stereocenters. The molecule has 1 aromatic heterocycles. The summed E-state index contributed by atoms with van der Waals surface area (Å²) >= 11 is 0. The van der Waals surface area contributed by atoms with Gasteiger partial charge >= 0.3 is 0 Å². The van der Waals surface area contributed by atoms with Crippen molar-refractivity contribution in [2.45, 2.75) is 37.4 Å². The monoisotopic (exact) mass is 476 g/mol. The molecule has 3 aromatic rings. The maximum Gasteiger partial charge on any atom is 0.239 e. The Labute approximate surface area is 192 Å². The van der Waals surface area contributed by atoms with Gasteiger partial charge in [0.25, 0.3) is 0 Å². The molecule has 0 amide bonds. The summed E-state index contributed by atoms with van der Waals surface area (Å²) < 4.78 is 21.8. The lowest BCUT2D eigenvalue weighted by Crippen LogP contribution is -2.53. The van der Waals surface area contributed by atoms with E-state index in [0.29, 0.717) is 0 Å². The summed E-state index contributed by atoms with van der Waals surface area (Å²) in [4.78, 5) is 13.3. The summed E-state index contributed by atoms with van der Waals surface area (Å²) in [5.74, 6) is -1.73. The SMILES string of the molecule is COc1ccc(-c2oc3c(C4O[C@@H](C)[C@H](O)[C@@H](O)[C@H]4O)c(O)cc(O)c3c(=O)c2OC)cc1O. The van der Waals surface area contributed by atoms with Crippen LogP contribution in [-0.2, 0) is 4.74 Å². The summed E-state index contributed by atoms with van der Waals surface area (Å²) in [6.45, 7) is 1.46. The Kier molecular flexibility index (Phi) is 6.04. The van der Waals surface area contributed by atoms with Crippen LogP contribution < -0.4 is 14.9 Å². The van der Waals surface area contributed by atoms with Crippen molar-refractivity contribution in [2.75, 3.05) is 14.2 Å². The number of aliphatic hydroxyl groups is 3. The van der Waals surface area contributed by atoms with Crippen molar-refractivity contribution in [3.05, 3.63) is 40.1 Å². The molecule has 0 spiro atoms. The quantitative estimate of drug-likeness (QED) is 0.318. The van der Waals surface area contributed by atoms with E-state index in [9.17, 15) is 35.4 Å². The first-order chi connectivity index (χ1) is 16.1. The van der Waals surface area contributed by atoms with E-state index in [1.54, 1.807) is 0 Å². The van der Waals surface area contributed by atoms with Gasteiger partial charge in [-0.25, -0.2) is 0 Å². The normalized spacial score (nSPS) is 24.8. The first-order valence-corrected chi connectivity index (χ1v) is 10.3. The first-order valence-electron chi connectivity index (χ1n) is 10.3. The molecule has 1 unspecified atom stereocenters. The van der Waals surface area contributed by atoms with Crippen LogP contribution in [0.1, 0.15) is 18.6 Å². The molecule has 2 aromatic carbocycles. The third-order valence-electron chi connectivity index (χ3n) is 5.90. The fourth-order valence-electron chi connectivity index (χ4n) is 4.11. The topological polar surface area (TPSA) is 179 Å². The predicted molar refractivity (Wildman–Crippen MR) is 117 cm³/mol. The van der Waals surface area contributed by atoms with Crippen molar-refractivity contribution in [1.29, 1.82) is 0 Å². The molecule has 1 aliphatic rings. The van der Waals surface area contributed by atoms with Crippen molar-refractivity contribution in [1.82, 2.24) is 0 Å². The van der Waals surface area contributed by atoms with Crippen LogP contribution in [0.25, 0.3) is 22.3 Å². The Morgan fingerprint density at radius 2 is 1.59 bits per heavy atom. The number of fused-ring (bicyclic) bond motifs is 1. The molecule has 1 fully saturated rings. The first kappa shape index (κ1) is 23.6. The van der Waals surface area contributed by atoms with Crippen molar-refractivity contribution < 1.29 is 49.3 Å². The highest BCUT2D eigenvalue weighted by Crippen LogP contribution is 2.45. The molecule has 182 valence electrons. The fourth-order valence-corrected chi connectivity index (χ4v) is 4.11. The Morgan fingerprint density at radius 1 is 0.882 bits per heavy atom. The second-order valence-electron chi connectivity index (χ2n) is 7.95. The Hall–Kier alpha value is -3.51. The highest BCUT2D eigenvalue weighted by atomic mass is 16.5. The third-order valence-corrected chi connectivity index (χ3v) is 5.90. The number of ether oxygens (including phenoxy) is 3. The van der Waals surface area contributed by atoms with E-state index in [1.165, 1.54) is 39.3 Å². The van der Waals surface area contributed by atoms with E-state index in [1.807, 2.05) is 0 Å². The second-order valence-corrected chi connectivity index (χ2v) is 7.95. The zero-order valence-electron chi connectivity index (χ0n) is 18.4. The molecule has 0 bridgehead atoms. The zero-order valence-corrected chi connectivity index (χ0v) is 18.4. The summed E-state index contributed by atoms with van der Waals surface area (Å²) in [5.41, 5.74) is -1.16. The van der Waals surface area contributed by atoms with Gasteiger partial charge in [-0.2, -0.15) is 0 Å². The van der Waals surface area contributed by atoms with E-state index in [0.717, 1.165) is 6.07 Å². The number of benzene rings is 2. The zero-order chi connectivity index (χ0) is 24.9. The molecule has 11 heteroatoms. The summed E-state index contributed by atoms with van der Waals surface area (Å²) in [6.07, 6.45) is -7.10. The van der Waals surface area contributed by atoms with Crippen LogP contribution in [0.2, 0.25) is 0 Å². The summed E-state index contributed by atoms with van der Waals surface area (Å²) in [6, 6.07) is 5.07. The van der Waals surface area contributed by atoms with Crippen LogP contribution in [0, 0.1) is 0 Å². The minimum atomic E-state index is -1.70. The molecule has 4 rings (SSSR count). The molecule has 34 heavy (non-hydrogen) atoms. The molecule has 11 nitrogen and oxygen atoms in total. The number of hydrogen-bond donors (Lipinski definition) is 6. The van der Waals surface area contributed by atoms with E-state index in [4.69, 9.17) is 18.6 Å². The van der Waals surface area contributed by atoms with Gasteiger partial charge in [0, 0.05) is 11.6 Å². The van der Waals surface area contributed by atoms with Gasteiger partial charge in [0.2, 0.25) is 11.2 Å². The number of methoxy groups -OCH3 is 2. The van der Waals surface area contributed by atoms with Gasteiger partial charge in [-0.1, -0.05) is 0 Å². The number of rotatable bonds is 4. The fraction of sp³-hybridized carbons (Fsp3) is 0.348. The van der Waals surface area contributed by atoms with E-state index in [-0.39, 0.29) is 45.1 Å². The van der Waals surface area contributed by atoms with Crippen LogP contribution in [-0.4, -0.2) is 69.3 Å². The molecule has 2 heterocycles. The number of phenolic OH excluding ortho intramolecular Hbond substituents is 3. The lowest BCUT2D eigenvalue weighted by molar-refractivity contribution is -0.219. The Bertz CT molecular complexity index is 1300. The number of aromatic hydroxyl groups is 3. The minimum absolute atomic E-state index is 0.150. The molecule has 6 N–H and O–H groups in total. The number of phenols is 3. The Balaban J connectivity index is 2.04. The van der Waals surface area contributed by atoms with Gasteiger partial charge < -0.3 is 49.3 Å². The van der Waals surface area contributed by atoms with Gasteiger partial charge in [0.05, 0.1) is 25.9 Å². The maximum absolute atomic E-state index is 13.3. The van der Waals surface area contributed by atoms with Gasteiger partial charge in [-0.3, -0.25) is 4.79 Å². The van der Waals surface area contributed by atoms with Gasteiger partial charge in [0.15, 0.2) is 22.8 Å². The molecule has 0 saturated carbocycles. The molecular weight excluding hydrogens is 452 g/mol. The average Bonchev–Trinajstić information content (AvgIpc) is 2.80. The largest absolute Gasteiger partial charge is 0.507 e. The van der Waals surface area contributed by atoms with Crippen molar-refractivity contribution in [2.24, 2.45) is 0 Å². The highest BCUT2D eigenvalue weighted by Gasteiger charge is 2.45. The van der Waals surface area contributed by atoms with Crippen molar-refractivity contribution in [3.63, 3.8) is 0 Å². The average molecular weight is 476 g/mol. The number of aliphatic hydroxyl groups excluding tert-OH is 3. The third kappa shape index (κ3) is 3.59. The predicted octanol–water partition coefficient (Wildman–Crippen LogP) is 1.14.